The molecule has 3 N–H and O–H groups in total. The van der Waals surface area contributed by atoms with Crippen molar-refractivity contribution >= 4 is 18.0 Å². The molecule has 2 fully saturated rings. The molecule has 0 aliphatic carbocycles. The quantitative estimate of drug-likeness (QED) is 0.674. The van der Waals surface area contributed by atoms with E-state index in [2.05, 4.69) is 10.6 Å². The van der Waals surface area contributed by atoms with Crippen LogP contribution in [0.1, 0.15) is 40.0 Å². The van der Waals surface area contributed by atoms with Crippen molar-refractivity contribution in [1.29, 1.82) is 0 Å². The van der Waals surface area contributed by atoms with Crippen molar-refractivity contribution in [3.63, 3.8) is 0 Å². The second-order valence-electron chi connectivity index (χ2n) is 7.02. The summed E-state index contributed by atoms with van der Waals surface area (Å²) in [5.41, 5.74) is -0.665. The van der Waals surface area contributed by atoms with Gasteiger partial charge in [-0.3, -0.25) is 4.79 Å². The zero-order chi connectivity index (χ0) is 17.2. The summed E-state index contributed by atoms with van der Waals surface area (Å²) in [7, 11) is 0. The molecule has 0 aromatic carbocycles. The lowest BCUT2D eigenvalue weighted by Crippen LogP contribution is -2.59. The summed E-state index contributed by atoms with van der Waals surface area (Å²) in [6.07, 6.45) is 1.16. The lowest BCUT2D eigenvalue weighted by atomic mass is 10.1. The van der Waals surface area contributed by atoms with Crippen molar-refractivity contribution in [3.05, 3.63) is 0 Å². The molecule has 0 radical (unpaired) electrons. The Hall–Kier alpha value is -1.83. The van der Waals surface area contributed by atoms with E-state index in [1.165, 1.54) is 4.90 Å². The second kappa shape index (κ2) is 6.74. The number of fused-ring (bicyclic) bond motifs is 1. The second-order valence-corrected chi connectivity index (χ2v) is 7.02. The fourth-order valence-electron chi connectivity index (χ4n) is 3.09. The topological polar surface area (TPSA) is 108 Å². The monoisotopic (exact) mass is 327 g/mol. The molecule has 8 heteroatoms. The summed E-state index contributed by atoms with van der Waals surface area (Å²) in [6, 6.07) is -1.74. The Morgan fingerprint density at radius 2 is 2.00 bits per heavy atom. The Bertz CT molecular complexity index is 488. The average Bonchev–Trinajstić information content (AvgIpc) is 2.81. The van der Waals surface area contributed by atoms with Crippen LogP contribution >= 0.6 is 0 Å². The van der Waals surface area contributed by atoms with Crippen LogP contribution in [0.3, 0.4) is 0 Å². The van der Waals surface area contributed by atoms with Gasteiger partial charge in [0, 0.05) is 12.6 Å². The SMILES string of the molecule is CC(C)(C)OC(=O)NC1CNCCC2CCC(C(=O)O)N2C1=O. The number of carbonyl (C=O) groups is 3. The minimum Gasteiger partial charge on any atom is -0.480 e. The smallest absolute Gasteiger partial charge is 0.408 e. The van der Waals surface area contributed by atoms with Crippen molar-refractivity contribution in [2.45, 2.75) is 63.8 Å². The summed E-state index contributed by atoms with van der Waals surface area (Å²) < 4.78 is 5.18. The number of carboxylic acid groups (broad SMARTS) is 1. The van der Waals surface area contributed by atoms with Gasteiger partial charge < -0.3 is 25.4 Å². The van der Waals surface area contributed by atoms with Gasteiger partial charge in [-0.1, -0.05) is 0 Å². The fraction of sp³-hybridized carbons (Fsp3) is 0.800. The number of alkyl carbamates (subject to hydrolysis) is 1. The molecule has 0 spiro atoms. The van der Waals surface area contributed by atoms with Crippen LogP contribution in [-0.4, -0.2) is 64.8 Å². The van der Waals surface area contributed by atoms with Gasteiger partial charge in [-0.05, 0) is 46.6 Å². The number of aliphatic carboxylic acids is 1. The van der Waals surface area contributed by atoms with E-state index < -0.39 is 29.7 Å². The van der Waals surface area contributed by atoms with Crippen molar-refractivity contribution in [1.82, 2.24) is 15.5 Å². The van der Waals surface area contributed by atoms with Crippen molar-refractivity contribution < 1.29 is 24.2 Å². The van der Waals surface area contributed by atoms with Gasteiger partial charge in [0.05, 0.1) is 0 Å². The molecule has 2 rings (SSSR count). The van der Waals surface area contributed by atoms with Crippen LogP contribution in [0.25, 0.3) is 0 Å². The molecule has 0 bridgehead atoms. The Morgan fingerprint density at radius 1 is 1.30 bits per heavy atom. The standard InChI is InChI=1S/C15H25N3O5/c1-15(2,3)23-14(22)17-10-8-16-7-6-9-4-5-11(13(20)21)18(9)12(10)19/h9-11,16H,4-8H2,1-3H3,(H,17,22)(H,20,21). The van der Waals surface area contributed by atoms with Crippen LogP contribution in [0.5, 0.6) is 0 Å². The third-order valence-electron chi connectivity index (χ3n) is 4.03. The van der Waals surface area contributed by atoms with Gasteiger partial charge in [0.25, 0.3) is 0 Å². The zero-order valence-corrected chi connectivity index (χ0v) is 13.8. The highest BCUT2D eigenvalue weighted by Crippen LogP contribution is 2.28. The molecule has 3 unspecified atom stereocenters. The Labute approximate surface area is 135 Å². The van der Waals surface area contributed by atoms with Crippen LogP contribution < -0.4 is 10.6 Å². The van der Waals surface area contributed by atoms with Crippen molar-refractivity contribution in [2.24, 2.45) is 0 Å². The highest BCUT2D eigenvalue weighted by molar-refractivity contribution is 5.90. The first-order chi connectivity index (χ1) is 10.7. The molecule has 2 aliphatic rings. The normalized spacial score (nSPS) is 28.6. The van der Waals surface area contributed by atoms with Crippen LogP contribution in [0, 0.1) is 0 Å². The average molecular weight is 327 g/mol. The van der Waals surface area contributed by atoms with E-state index in [0.717, 1.165) is 0 Å². The van der Waals surface area contributed by atoms with Gasteiger partial charge in [-0.15, -0.1) is 0 Å². The number of nitrogens with one attached hydrogen (secondary N) is 2. The molecule has 0 saturated carbocycles. The summed E-state index contributed by atoms with van der Waals surface area (Å²) >= 11 is 0. The van der Waals surface area contributed by atoms with Gasteiger partial charge >= 0.3 is 12.1 Å². The zero-order valence-electron chi connectivity index (χ0n) is 13.8. The van der Waals surface area contributed by atoms with Crippen molar-refractivity contribution in [2.75, 3.05) is 13.1 Å². The number of rotatable bonds is 2. The van der Waals surface area contributed by atoms with Gasteiger partial charge in [0.1, 0.15) is 17.7 Å². The molecule has 2 amide bonds. The molecule has 3 atom stereocenters. The predicted octanol–water partition coefficient (Wildman–Crippen LogP) is 0.317. The third kappa shape index (κ3) is 4.34. The summed E-state index contributed by atoms with van der Waals surface area (Å²) in [5.74, 6) is -1.36. The number of ether oxygens (including phenoxy) is 1. The van der Waals surface area contributed by atoms with E-state index in [4.69, 9.17) is 4.74 Å². The molecule has 8 nitrogen and oxygen atoms in total. The highest BCUT2D eigenvalue weighted by atomic mass is 16.6. The van der Waals surface area contributed by atoms with Crippen molar-refractivity contribution in [3.8, 4) is 0 Å². The molecule has 0 aromatic rings. The van der Waals surface area contributed by atoms with Gasteiger partial charge in [0.15, 0.2) is 0 Å². The van der Waals surface area contributed by atoms with E-state index in [-0.39, 0.29) is 18.5 Å². The first kappa shape index (κ1) is 17.5. The van der Waals surface area contributed by atoms with Crippen LogP contribution in [0.15, 0.2) is 0 Å². The number of hydrogen-bond donors (Lipinski definition) is 3. The molecule has 2 aliphatic heterocycles. The van der Waals surface area contributed by atoms with Crippen LogP contribution in [-0.2, 0) is 14.3 Å². The number of amides is 2. The predicted molar refractivity (Wildman–Crippen MR) is 81.9 cm³/mol. The van der Waals surface area contributed by atoms with E-state index in [1.807, 2.05) is 0 Å². The molecule has 0 aromatic heterocycles. The number of carboxylic acids is 1. The molecule has 2 heterocycles. The van der Waals surface area contributed by atoms with E-state index in [0.29, 0.717) is 25.8 Å². The third-order valence-corrected chi connectivity index (χ3v) is 4.03. The minimum atomic E-state index is -0.995. The van der Waals surface area contributed by atoms with Crippen LogP contribution in [0.2, 0.25) is 0 Å². The van der Waals surface area contributed by atoms with Gasteiger partial charge in [0.2, 0.25) is 5.91 Å². The minimum absolute atomic E-state index is 0.0978. The summed E-state index contributed by atoms with van der Waals surface area (Å²) in [5, 5.41) is 15.0. The Balaban J connectivity index is 2.11. The Morgan fingerprint density at radius 3 is 2.61 bits per heavy atom. The lowest BCUT2D eigenvalue weighted by Gasteiger charge is -2.34. The summed E-state index contributed by atoms with van der Waals surface area (Å²) in [4.78, 5) is 37.5. The van der Waals surface area contributed by atoms with E-state index in [1.54, 1.807) is 20.8 Å². The maximum absolute atomic E-state index is 12.7. The molecular weight excluding hydrogens is 302 g/mol. The van der Waals surface area contributed by atoms with Crippen LogP contribution in [0.4, 0.5) is 4.79 Å². The number of nitrogens with zero attached hydrogens (tertiary/aromatic N) is 1. The summed E-state index contributed by atoms with van der Waals surface area (Å²) in [6.45, 7) is 6.14. The molecular formula is C15H25N3O5. The largest absolute Gasteiger partial charge is 0.480 e. The Kier molecular flexibility index (Phi) is 5.13. The maximum Gasteiger partial charge on any atom is 0.408 e. The van der Waals surface area contributed by atoms with E-state index in [9.17, 15) is 19.5 Å². The first-order valence-corrected chi connectivity index (χ1v) is 7.94. The van der Waals surface area contributed by atoms with E-state index >= 15 is 0 Å². The number of hydrogen-bond acceptors (Lipinski definition) is 5. The highest BCUT2D eigenvalue weighted by Gasteiger charge is 2.44. The number of carbonyl (C=O) groups excluding carboxylic acids is 2. The molecule has 2 saturated heterocycles. The van der Waals surface area contributed by atoms with Gasteiger partial charge in [-0.25, -0.2) is 9.59 Å². The molecule has 23 heavy (non-hydrogen) atoms. The van der Waals surface area contributed by atoms with Gasteiger partial charge in [-0.2, -0.15) is 0 Å². The first-order valence-electron chi connectivity index (χ1n) is 7.94. The molecule has 130 valence electrons. The lowest BCUT2D eigenvalue weighted by molar-refractivity contribution is -0.150. The fourth-order valence-corrected chi connectivity index (χ4v) is 3.09. The maximum atomic E-state index is 12.7.